The number of hydrogen-bond acceptors (Lipinski definition) is 2. The van der Waals surface area contributed by atoms with Crippen molar-refractivity contribution in [3.8, 4) is 0 Å². The van der Waals surface area contributed by atoms with Crippen LogP contribution >= 0.6 is 8.61 Å². The maximum Gasteiger partial charge on any atom is 0.321 e. The molecule has 0 aliphatic rings. The van der Waals surface area contributed by atoms with E-state index in [4.69, 9.17) is 5.11 Å². The Morgan fingerprint density at radius 1 is 1.64 bits per heavy atom. The minimum atomic E-state index is -0.956. The largest absolute Gasteiger partial charge is 0.480 e. The summed E-state index contributed by atoms with van der Waals surface area (Å²) in [5.41, 5.74) is 0. The van der Waals surface area contributed by atoms with Crippen LogP contribution in [-0.2, 0) is 9.36 Å². The molecule has 0 aromatic heterocycles. The lowest BCUT2D eigenvalue weighted by atomic mass is 10.1. The van der Waals surface area contributed by atoms with Gasteiger partial charge in [-0.15, -0.1) is 0 Å². The summed E-state index contributed by atoms with van der Waals surface area (Å²) in [4.78, 5) is 10.4. The van der Waals surface area contributed by atoms with Gasteiger partial charge in [0.15, 0.2) is 0 Å². The summed E-state index contributed by atoms with van der Waals surface area (Å²) >= 11 is 0. The molecule has 2 N–H and O–H groups in total. The van der Waals surface area contributed by atoms with Crippen LogP contribution in [0.3, 0.4) is 0 Å². The van der Waals surface area contributed by atoms with E-state index in [0.29, 0.717) is 6.42 Å². The van der Waals surface area contributed by atoms with E-state index in [1.807, 2.05) is 13.8 Å². The first kappa shape index (κ1) is 10.5. The van der Waals surface area contributed by atoms with Crippen molar-refractivity contribution in [3.05, 3.63) is 0 Å². The van der Waals surface area contributed by atoms with E-state index >= 15 is 0 Å². The topological polar surface area (TPSA) is 66.4 Å². The number of nitrogens with one attached hydrogen (secondary N) is 1. The van der Waals surface area contributed by atoms with Crippen LogP contribution in [0.1, 0.15) is 20.3 Å². The van der Waals surface area contributed by atoms with E-state index in [0.717, 1.165) is 0 Å². The molecule has 0 bridgehead atoms. The molecule has 1 atom stereocenters. The van der Waals surface area contributed by atoms with Gasteiger partial charge in [0.1, 0.15) is 6.04 Å². The molecule has 64 valence electrons. The molecule has 0 rings (SSSR count). The zero-order valence-corrected chi connectivity index (χ0v) is 7.47. The van der Waals surface area contributed by atoms with Crippen molar-refractivity contribution in [1.82, 2.24) is 5.09 Å². The second kappa shape index (κ2) is 5.22. The molecule has 0 saturated carbocycles. The first-order valence-corrected chi connectivity index (χ1v) is 4.19. The molecule has 0 aromatic carbocycles. The Kier molecular flexibility index (Phi) is 4.99. The third-order valence-electron chi connectivity index (χ3n) is 1.21. The van der Waals surface area contributed by atoms with Crippen molar-refractivity contribution in [1.29, 1.82) is 0 Å². The van der Waals surface area contributed by atoms with Gasteiger partial charge < -0.3 is 5.11 Å². The van der Waals surface area contributed by atoms with Gasteiger partial charge in [0.2, 0.25) is 8.61 Å². The predicted molar refractivity (Wildman–Crippen MR) is 41.6 cm³/mol. The van der Waals surface area contributed by atoms with Crippen LogP contribution in [0.4, 0.5) is 0 Å². The quantitative estimate of drug-likeness (QED) is 0.621. The summed E-state index contributed by atoms with van der Waals surface area (Å²) in [5, 5.41) is 10.9. The molecule has 0 unspecified atom stereocenters. The first-order valence-electron chi connectivity index (χ1n) is 3.38. The molecule has 0 amide bonds. The molecule has 0 spiro atoms. The fraction of sp³-hybridized carbons (Fsp3) is 0.833. The zero-order valence-electron chi connectivity index (χ0n) is 6.57. The van der Waals surface area contributed by atoms with Crippen LogP contribution in [-0.4, -0.2) is 17.1 Å². The number of aliphatic carboxylic acids is 1. The van der Waals surface area contributed by atoms with E-state index in [2.05, 4.69) is 5.09 Å². The highest BCUT2D eigenvalue weighted by atomic mass is 31.1. The van der Waals surface area contributed by atoms with Crippen LogP contribution in [0.2, 0.25) is 0 Å². The maximum absolute atomic E-state index is 10.4. The lowest BCUT2D eigenvalue weighted by molar-refractivity contribution is -0.139. The molecule has 0 fully saturated rings. The van der Waals surface area contributed by atoms with Crippen LogP contribution in [0.15, 0.2) is 0 Å². The molecular weight excluding hydrogens is 165 g/mol. The van der Waals surface area contributed by atoms with Crippen molar-refractivity contribution in [2.45, 2.75) is 26.3 Å². The third-order valence-corrected chi connectivity index (χ3v) is 1.63. The van der Waals surface area contributed by atoms with Gasteiger partial charge in [-0.25, -0.2) is 5.09 Å². The number of carboxylic acids is 1. The summed E-state index contributed by atoms with van der Waals surface area (Å²) in [6, 6.07) is -0.700. The van der Waals surface area contributed by atoms with Crippen LogP contribution in [0, 0.1) is 5.92 Å². The van der Waals surface area contributed by atoms with E-state index in [1.54, 1.807) is 0 Å². The standard InChI is InChI=1S/C6H12NO3P/c1-4(2)3-5(6(8)9)7-11-10/h4-5H,3H2,1-2H3,(H,7,10)(H,8,9)/t5-/m0/s1. The Morgan fingerprint density at radius 3 is 2.45 bits per heavy atom. The smallest absolute Gasteiger partial charge is 0.321 e. The second-order valence-corrected chi connectivity index (χ2v) is 3.18. The van der Waals surface area contributed by atoms with Crippen LogP contribution in [0.5, 0.6) is 0 Å². The summed E-state index contributed by atoms with van der Waals surface area (Å²) < 4.78 is 10.0. The molecule has 11 heavy (non-hydrogen) atoms. The fourth-order valence-electron chi connectivity index (χ4n) is 0.744. The van der Waals surface area contributed by atoms with Gasteiger partial charge in [-0.2, -0.15) is 0 Å². The summed E-state index contributed by atoms with van der Waals surface area (Å²) in [6.45, 7) is 3.83. The zero-order chi connectivity index (χ0) is 8.85. The minimum Gasteiger partial charge on any atom is -0.480 e. The average Bonchev–Trinajstić information content (AvgIpc) is 1.86. The van der Waals surface area contributed by atoms with Crippen LogP contribution < -0.4 is 5.09 Å². The molecule has 0 heterocycles. The predicted octanol–water partition coefficient (Wildman–Crippen LogP) is 1.28. The summed E-state index contributed by atoms with van der Waals surface area (Å²) in [6.07, 6.45) is 0.491. The molecule has 0 saturated heterocycles. The number of carbonyl (C=O) groups is 1. The highest BCUT2D eigenvalue weighted by molar-refractivity contribution is 7.21. The average molecular weight is 177 g/mol. The third kappa shape index (κ3) is 4.87. The van der Waals surface area contributed by atoms with Gasteiger partial charge >= 0.3 is 5.97 Å². The van der Waals surface area contributed by atoms with Gasteiger partial charge in [-0.3, -0.25) is 9.36 Å². The fourth-order valence-corrected chi connectivity index (χ4v) is 1.09. The van der Waals surface area contributed by atoms with E-state index in [9.17, 15) is 9.36 Å². The van der Waals surface area contributed by atoms with E-state index in [-0.39, 0.29) is 14.5 Å². The first-order chi connectivity index (χ1) is 5.07. The lowest BCUT2D eigenvalue weighted by Gasteiger charge is -2.11. The van der Waals surface area contributed by atoms with E-state index in [1.165, 1.54) is 0 Å². The maximum atomic E-state index is 10.4. The Labute approximate surface area is 67.2 Å². The highest BCUT2D eigenvalue weighted by Gasteiger charge is 2.17. The molecule has 4 nitrogen and oxygen atoms in total. The number of hydrogen-bond donors (Lipinski definition) is 2. The van der Waals surface area contributed by atoms with E-state index < -0.39 is 12.0 Å². The minimum absolute atomic E-state index is 0.283. The molecular formula is C6H12NO3P. The second-order valence-electron chi connectivity index (χ2n) is 2.74. The number of rotatable bonds is 5. The normalized spacial score (nSPS) is 13.7. The van der Waals surface area contributed by atoms with Gasteiger partial charge in [0, 0.05) is 0 Å². The van der Waals surface area contributed by atoms with Crippen molar-refractivity contribution < 1.29 is 14.5 Å². The summed E-state index contributed by atoms with van der Waals surface area (Å²) in [7, 11) is -0.326. The van der Waals surface area contributed by atoms with Gasteiger partial charge in [0.25, 0.3) is 0 Å². The SMILES string of the molecule is CC(C)C[C@H](NP=O)C(=O)O. The van der Waals surface area contributed by atoms with Crippen LogP contribution in [0.25, 0.3) is 0 Å². The van der Waals surface area contributed by atoms with Gasteiger partial charge in [-0.1, -0.05) is 13.8 Å². The summed E-state index contributed by atoms with van der Waals surface area (Å²) in [5.74, 6) is -0.674. The molecule has 0 radical (unpaired) electrons. The Morgan fingerprint density at radius 2 is 2.18 bits per heavy atom. The van der Waals surface area contributed by atoms with Crippen molar-refractivity contribution in [2.75, 3.05) is 0 Å². The number of carboxylic acid groups (broad SMARTS) is 1. The molecule has 0 aliphatic heterocycles. The van der Waals surface area contributed by atoms with Gasteiger partial charge in [-0.05, 0) is 12.3 Å². The van der Waals surface area contributed by atoms with Crippen molar-refractivity contribution in [3.63, 3.8) is 0 Å². The highest BCUT2D eigenvalue weighted by Crippen LogP contribution is 2.06. The molecule has 0 aliphatic carbocycles. The van der Waals surface area contributed by atoms with Crippen molar-refractivity contribution >= 4 is 14.6 Å². The molecule has 5 heteroatoms. The lowest BCUT2D eigenvalue weighted by Crippen LogP contribution is -2.31. The Hall–Kier alpha value is -0.470. The van der Waals surface area contributed by atoms with Crippen molar-refractivity contribution in [2.24, 2.45) is 5.92 Å². The van der Waals surface area contributed by atoms with Gasteiger partial charge in [0.05, 0.1) is 0 Å². The Bertz CT molecular complexity index is 149. The Balaban J connectivity index is 3.88. The molecule has 0 aromatic rings. The monoisotopic (exact) mass is 177 g/mol.